The Kier molecular flexibility index (Phi) is 6.00. The third-order valence-corrected chi connectivity index (χ3v) is 4.89. The van der Waals surface area contributed by atoms with E-state index in [4.69, 9.17) is 5.26 Å². The van der Waals surface area contributed by atoms with E-state index in [-0.39, 0.29) is 5.75 Å². The number of benzene rings is 1. The van der Waals surface area contributed by atoms with E-state index in [0.29, 0.717) is 24.2 Å². The summed E-state index contributed by atoms with van der Waals surface area (Å²) in [5.74, 6) is -0.103. The van der Waals surface area contributed by atoms with Crippen LogP contribution in [-0.4, -0.2) is 25.8 Å². The van der Waals surface area contributed by atoms with Gasteiger partial charge in [0.05, 0.1) is 17.4 Å². The van der Waals surface area contributed by atoms with Gasteiger partial charge < -0.3 is 0 Å². The second-order valence-electron chi connectivity index (χ2n) is 4.37. The maximum atomic E-state index is 12.3. The van der Waals surface area contributed by atoms with Crippen molar-refractivity contribution in [3.8, 4) is 6.07 Å². The molecule has 0 aliphatic heterocycles. The average molecular weight is 280 g/mol. The molecule has 0 aliphatic carbocycles. The summed E-state index contributed by atoms with van der Waals surface area (Å²) in [5, 5.41) is 8.99. The molecule has 0 radical (unpaired) electrons. The molecule has 0 aliphatic rings. The normalized spacial score (nSPS) is 11.5. The first-order valence-electron chi connectivity index (χ1n) is 6.51. The van der Waals surface area contributed by atoms with Crippen molar-refractivity contribution >= 4 is 10.0 Å². The van der Waals surface area contributed by atoms with Gasteiger partial charge in [0.2, 0.25) is 10.0 Å². The number of rotatable bonds is 7. The summed E-state index contributed by atoms with van der Waals surface area (Å²) >= 11 is 0. The minimum Gasteiger partial charge on any atom is -0.212 e. The van der Waals surface area contributed by atoms with Crippen molar-refractivity contribution in [3.63, 3.8) is 0 Å². The van der Waals surface area contributed by atoms with Crippen LogP contribution in [0.1, 0.15) is 37.8 Å². The van der Waals surface area contributed by atoms with Gasteiger partial charge in [-0.05, 0) is 18.1 Å². The minimum absolute atomic E-state index is 0.103. The second kappa shape index (κ2) is 7.27. The van der Waals surface area contributed by atoms with Gasteiger partial charge in [0.25, 0.3) is 0 Å². The van der Waals surface area contributed by atoms with Crippen molar-refractivity contribution < 1.29 is 8.42 Å². The van der Waals surface area contributed by atoms with Crippen LogP contribution in [0.25, 0.3) is 0 Å². The van der Waals surface area contributed by atoms with E-state index in [0.717, 1.165) is 12.8 Å². The topological polar surface area (TPSA) is 61.2 Å². The highest BCUT2D eigenvalue weighted by Gasteiger charge is 2.21. The van der Waals surface area contributed by atoms with Gasteiger partial charge in [0.1, 0.15) is 0 Å². The molecule has 0 fully saturated rings. The molecule has 0 heterocycles. The van der Waals surface area contributed by atoms with Gasteiger partial charge in [0, 0.05) is 13.1 Å². The van der Waals surface area contributed by atoms with Crippen molar-refractivity contribution in [1.82, 2.24) is 4.31 Å². The molecule has 0 N–H and O–H groups in total. The summed E-state index contributed by atoms with van der Waals surface area (Å²) < 4.78 is 26.1. The molecule has 0 saturated carbocycles. The zero-order chi connectivity index (χ0) is 14.3. The standard InChI is InChI=1S/C14H20N2O2S/c1-3-5-10-16(4-2)19(17,18)12-14-9-7-6-8-13(14)11-15/h6-9H,3-5,10,12H2,1-2H3. The van der Waals surface area contributed by atoms with E-state index in [1.165, 1.54) is 4.31 Å². The summed E-state index contributed by atoms with van der Waals surface area (Å²) in [6.07, 6.45) is 1.81. The fourth-order valence-corrected chi connectivity index (χ4v) is 3.50. The first-order valence-corrected chi connectivity index (χ1v) is 8.11. The molecule has 1 rings (SSSR count). The van der Waals surface area contributed by atoms with Crippen LogP contribution in [0.5, 0.6) is 0 Å². The van der Waals surface area contributed by atoms with Crippen molar-refractivity contribution in [2.45, 2.75) is 32.4 Å². The van der Waals surface area contributed by atoms with Gasteiger partial charge in [0.15, 0.2) is 0 Å². The Morgan fingerprint density at radius 1 is 1.26 bits per heavy atom. The quantitative estimate of drug-likeness (QED) is 0.771. The van der Waals surface area contributed by atoms with Crippen molar-refractivity contribution in [3.05, 3.63) is 35.4 Å². The van der Waals surface area contributed by atoms with Crippen molar-refractivity contribution in [1.29, 1.82) is 5.26 Å². The van der Waals surface area contributed by atoms with Gasteiger partial charge in [-0.2, -0.15) is 5.26 Å². The van der Waals surface area contributed by atoms with Crippen LogP contribution >= 0.6 is 0 Å². The van der Waals surface area contributed by atoms with Crippen LogP contribution in [-0.2, 0) is 15.8 Å². The summed E-state index contributed by atoms with van der Waals surface area (Å²) in [6.45, 7) is 4.88. The summed E-state index contributed by atoms with van der Waals surface area (Å²) in [6, 6.07) is 8.88. The fourth-order valence-electron chi connectivity index (χ4n) is 1.87. The zero-order valence-corrected chi connectivity index (χ0v) is 12.3. The molecule has 1 aromatic carbocycles. The molecule has 0 aromatic heterocycles. The van der Waals surface area contributed by atoms with Crippen molar-refractivity contribution in [2.75, 3.05) is 13.1 Å². The third kappa shape index (κ3) is 4.34. The average Bonchev–Trinajstić information content (AvgIpc) is 2.39. The summed E-state index contributed by atoms with van der Waals surface area (Å²) in [7, 11) is -3.35. The fraction of sp³-hybridized carbons (Fsp3) is 0.500. The molecule has 0 amide bonds. The first kappa shape index (κ1) is 15.7. The van der Waals surface area contributed by atoms with Gasteiger partial charge in [-0.3, -0.25) is 0 Å². The number of unbranched alkanes of at least 4 members (excludes halogenated alkanes) is 1. The van der Waals surface area contributed by atoms with Crippen LogP contribution < -0.4 is 0 Å². The van der Waals surface area contributed by atoms with Crippen LogP contribution in [0, 0.1) is 11.3 Å². The second-order valence-corrected chi connectivity index (χ2v) is 6.34. The van der Waals surface area contributed by atoms with E-state index < -0.39 is 10.0 Å². The lowest BCUT2D eigenvalue weighted by molar-refractivity contribution is 0.418. The number of hydrogen-bond donors (Lipinski definition) is 0. The largest absolute Gasteiger partial charge is 0.218 e. The Labute approximate surface area is 115 Å². The maximum absolute atomic E-state index is 12.3. The molecule has 19 heavy (non-hydrogen) atoms. The molecule has 0 bridgehead atoms. The Morgan fingerprint density at radius 2 is 1.95 bits per heavy atom. The smallest absolute Gasteiger partial charge is 0.212 e. The highest BCUT2D eigenvalue weighted by Crippen LogP contribution is 2.15. The molecule has 0 unspecified atom stereocenters. The van der Waals surface area contributed by atoms with E-state index in [2.05, 4.69) is 0 Å². The van der Waals surface area contributed by atoms with Gasteiger partial charge in [-0.15, -0.1) is 0 Å². The van der Waals surface area contributed by atoms with Crippen LogP contribution in [0.15, 0.2) is 24.3 Å². The minimum atomic E-state index is -3.35. The van der Waals surface area contributed by atoms with E-state index in [1.54, 1.807) is 24.3 Å². The lowest BCUT2D eigenvalue weighted by atomic mass is 10.1. The predicted octanol–water partition coefficient (Wildman–Crippen LogP) is 2.51. The highest BCUT2D eigenvalue weighted by molar-refractivity contribution is 7.88. The van der Waals surface area contributed by atoms with E-state index in [1.807, 2.05) is 19.9 Å². The number of nitrogens with zero attached hydrogens (tertiary/aromatic N) is 2. The van der Waals surface area contributed by atoms with Crippen molar-refractivity contribution in [2.24, 2.45) is 0 Å². The molecule has 104 valence electrons. The Morgan fingerprint density at radius 3 is 2.53 bits per heavy atom. The Balaban J connectivity index is 2.92. The lowest BCUT2D eigenvalue weighted by Gasteiger charge is -2.20. The predicted molar refractivity (Wildman–Crippen MR) is 75.9 cm³/mol. The van der Waals surface area contributed by atoms with E-state index >= 15 is 0 Å². The number of nitriles is 1. The molecular weight excluding hydrogens is 260 g/mol. The lowest BCUT2D eigenvalue weighted by Crippen LogP contribution is -2.33. The highest BCUT2D eigenvalue weighted by atomic mass is 32.2. The van der Waals surface area contributed by atoms with Gasteiger partial charge in [-0.25, -0.2) is 12.7 Å². The van der Waals surface area contributed by atoms with Gasteiger partial charge >= 0.3 is 0 Å². The van der Waals surface area contributed by atoms with Crippen LogP contribution in [0.2, 0.25) is 0 Å². The molecule has 1 aromatic rings. The van der Waals surface area contributed by atoms with Crippen LogP contribution in [0.3, 0.4) is 0 Å². The third-order valence-electron chi connectivity index (χ3n) is 2.98. The SMILES string of the molecule is CCCCN(CC)S(=O)(=O)Cc1ccccc1C#N. The molecule has 0 spiro atoms. The molecule has 5 heteroatoms. The summed E-state index contributed by atoms with van der Waals surface area (Å²) in [4.78, 5) is 0. The first-order chi connectivity index (χ1) is 9.05. The van der Waals surface area contributed by atoms with Crippen LogP contribution in [0.4, 0.5) is 0 Å². The monoisotopic (exact) mass is 280 g/mol. The number of sulfonamides is 1. The number of hydrogen-bond acceptors (Lipinski definition) is 3. The summed E-state index contributed by atoms with van der Waals surface area (Å²) in [5.41, 5.74) is 0.998. The van der Waals surface area contributed by atoms with Gasteiger partial charge in [-0.1, -0.05) is 38.5 Å². The maximum Gasteiger partial charge on any atom is 0.218 e. The molecular formula is C14H20N2O2S. The molecule has 0 atom stereocenters. The Hall–Kier alpha value is -1.38. The molecule has 4 nitrogen and oxygen atoms in total. The molecule has 0 saturated heterocycles. The zero-order valence-electron chi connectivity index (χ0n) is 11.5. The Bertz CT molecular complexity index is 547. The van der Waals surface area contributed by atoms with E-state index in [9.17, 15) is 8.42 Å².